The lowest BCUT2D eigenvalue weighted by Gasteiger charge is -2.33. The number of rotatable bonds is 8. The Balaban J connectivity index is 0.00000364. The summed E-state index contributed by atoms with van der Waals surface area (Å²) >= 11 is 0. The van der Waals surface area contributed by atoms with Gasteiger partial charge in [-0.3, -0.25) is 4.99 Å². The third-order valence-corrected chi connectivity index (χ3v) is 4.88. The molecular weight excluding hydrogens is 458 g/mol. The van der Waals surface area contributed by atoms with Crippen LogP contribution in [0.5, 0.6) is 0 Å². The monoisotopic (exact) mass is 492 g/mol. The number of aliphatic hydroxyl groups excluding tert-OH is 1. The number of halogens is 2. The Kier molecular flexibility index (Phi) is 11.9. The molecule has 0 bridgehead atoms. The van der Waals surface area contributed by atoms with Crippen molar-refractivity contribution in [1.82, 2.24) is 15.5 Å². The highest BCUT2D eigenvalue weighted by Crippen LogP contribution is 2.16. The van der Waals surface area contributed by atoms with Gasteiger partial charge in [0.15, 0.2) is 5.96 Å². The van der Waals surface area contributed by atoms with Gasteiger partial charge >= 0.3 is 0 Å². The zero-order chi connectivity index (χ0) is 18.8. The van der Waals surface area contributed by atoms with Crippen molar-refractivity contribution in [3.8, 4) is 0 Å². The quantitative estimate of drug-likeness (QED) is 0.226. The van der Waals surface area contributed by atoms with E-state index in [0.29, 0.717) is 17.6 Å². The van der Waals surface area contributed by atoms with E-state index in [0.717, 1.165) is 26.1 Å². The number of likely N-dealkylation sites (tertiary alicyclic amines) is 1. The van der Waals surface area contributed by atoms with Crippen molar-refractivity contribution in [3.05, 3.63) is 35.6 Å². The van der Waals surface area contributed by atoms with E-state index < -0.39 is 6.10 Å². The van der Waals surface area contributed by atoms with Gasteiger partial charge in [-0.2, -0.15) is 0 Å². The SMILES string of the molecule is CCNC(=NCC(O)c1ccc(F)cc1)NCCCN1CCCCC1C.I. The van der Waals surface area contributed by atoms with Gasteiger partial charge in [0.1, 0.15) is 5.82 Å². The largest absolute Gasteiger partial charge is 0.386 e. The molecule has 154 valence electrons. The van der Waals surface area contributed by atoms with Crippen LogP contribution < -0.4 is 10.6 Å². The second-order valence-electron chi connectivity index (χ2n) is 6.95. The second kappa shape index (κ2) is 13.3. The van der Waals surface area contributed by atoms with E-state index in [2.05, 4.69) is 27.4 Å². The van der Waals surface area contributed by atoms with Crippen molar-refractivity contribution in [3.63, 3.8) is 0 Å². The molecule has 2 atom stereocenters. The van der Waals surface area contributed by atoms with Gasteiger partial charge < -0.3 is 20.6 Å². The van der Waals surface area contributed by atoms with Gasteiger partial charge in [-0.1, -0.05) is 18.6 Å². The number of nitrogens with one attached hydrogen (secondary N) is 2. The summed E-state index contributed by atoms with van der Waals surface area (Å²) in [5.41, 5.74) is 0.671. The normalized spacial score (nSPS) is 19.3. The fraction of sp³-hybridized carbons (Fsp3) is 0.650. The van der Waals surface area contributed by atoms with Crippen LogP contribution in [0.1, 0.15) is 51.2 Å². The predicted molar refractivity (Wildman–Crippen MR) is 120 cm³/mol. The number of piperidine rings is 1. The minimum atomic E-state index is -0.736. The molecule has 0 aliphatic carbocycles. The lowest BCUT2D eigenvalue weighted by molar-refractivity contribution is 0.159. The second-order valence-corrected chi connectivity index (χ2v) is 6.95. The molecule has 0 aromatic heterocycles. The van der Waals surface area contributed by atoms with E-state index in [9.17, 15) is 9.50 Å². The molecule has 7 heteroatoms. The first-order valence-corrected chi connectivity index (χ1v) is 9.80. The maximum Gasteiger partial charge on any atom is 0.191 e. The maximum atomic E-state index is 13.0. The van der Waals surface area contributed by atoms with Gasteiger partial charge in [-0.15, -0.1) is 24.0 Å². The molecule has 1 aromatic rings. The molecule has 0 spiro atoms. The average molecular weight is 492 g/mol. The number of benzene rings is 1. The first-order valence-electron chi connectivity index (χ1n) is 9.80. The van der Waals surface area contributed by atoms with Crippen LogP contribution in [0.25, 0.3) is 0 Å². The zero-order valence-corrected chi connectivity index (χ0v) is 18.8. The third kappa shape index (κ3) is 8.74. The molecule has 27 heavy (non-hydrogen) atoms. The summed E-state index contributed by atoms with van der Waals surface area (Å²) in [5, 5.41) is 16.7. The fourth-order valence-electron chi connectivity index (χ4n) is 3.29. The Morgan fingerprint density at radius 2 is 2.04 bits per heavy atom. The van der Waals surface area contributed by atoms with Gasteiger partial charge in [0.2, 0.25) is 0 Å². The van der Waals surface area contributed by atoms with Crippen molar-refractivity contribution < 1.29 is 9.50 Å². The Labute approximate surface area is 179 Å². The number of guanidine groups is 1. The summed E-state index contributed by atoms with van der Waals surface area (Å²) in [6, 6.07) is 6.59. The molecule has 2 unspecified atom stereocenters. The number of hydrogen-bond acceptors (Lipinski definition) is 3. The van der Waals surface area contributed by atoms with Crippen LogP contribution in [-0.4, -0.2) is 54.7 Å². The highest BCUT2D eigenvalue weighted by Gasteiger charge is 2.17. The van der Waals surface area contributed by atoms with Crippen LogP contribution in [0.3, 0.4) is 0 Å². The molecule has 0 amide bonds. The van der Waals surface area contributed by atoms with E-state index in [1.165, 1.54) is 37.9 Å². The van der Waals surface area contributed by atoms with E-state index in [1.54, 1.807) is 12.1 Å². The topological polar surface area (TPSA) is 59.9 Å². The van der Waals surface area contributed by atoms with Gasteiger partial charge in [-0.05, 0) is 57.4 Å². The summed E-state index contributed by atoms with van der Waals surface area (Å²) in [4.78, 5) is 7.01. The smallest absolute Gasteiger partial charge is 0.191 e. The summed E-state index contributed by atoms with van der Waals surface area (Å²) in [7, 11) is 0. The van der Waals surface area contributed by atoms with Crippen molar-refractivity contribution in [2.45, 2.75) is 51.7 Å². The van der Waals surface area contributed by atoms with Crippen molar-refractivity contribution in [2.24, 2.45) is 4.99 Å². The number of hydrogen-bond donors (Lipinski definition) is 3. The average Bonchev–Trinajstić information content (AvgIpc) is 2.64. The first kappa shape index (κ1) is 24.1. The fourth-order valence-corrected chi connectivity index (χ4v) is 3.29. The molecule has 5 nitrogen and oxygen atoms in total. The Hall–Kier alpha value is -0.930. The zero-order valence-electron chi connectivity index (χ0n) is 16.5. The van der Waals surface area contributed by atoms with Gasteiger partial charge in [-0.25, -0.2) is 4.39 Å². The van der Waals surface area contributed by atoms with Crippen LogP contribution in [-0.2, 0) is 0 Å². The van der Waals surface area contributed by atoms with E-state index in [-0.39, 0.29) is 36.3 Å². The summed E-state index contributed by atoms with van der Waals surface area (Å²) in [5.74, 6) is 0.405. The molecule has 1 aliphatic rings. The van der Waals surface area contributed by atoms with E-state index in [1.807, 2.05) is 6.92 Å². The summed E-state index contributed by atoms with van der Waals surface area (Å²) < 4.78 is 13.0. The molecule has 3 N–H and O–H groups in total. The Bertz CT molecular complexity index is 555. The summed E-state index contributed by atoms with van der Waals surface area (Å²) in [6.45, 7) is 8.50. The molecule has 1 saturated heterocycles. The van der Waals surface area contributed by atoms with Crippen LogP contribution in [0.15, 0.2) is 29.3 Å². The van der Waals surface area contributed by atoms with Gasteiger partial charge in [0, 0.05) is 25.7 Å². The van der Waals surface area contributed by atoms with Crippen molar-refractivity contribution >= 4 is 29.9 Å². The molecule has 1 heterocycles. The first-order chi connectivity index (χ1) is 12.6. The van der Waals surface area contributed by atoms with Crippen LogP contribution in [0.4, 0.5) is 4.39 Å². The Morgan fingerprint density at radius 3 is 2.70 bits per heavy atom. The number of nitrogens with zero attached hydrogens (tertiary/aromatic N) is 2. The predicted octanol–water partition coefficient (Wildman–Crippen LogP) is 3.30. The lowest BCUT2D eigenvalue weighted by atomic mass is 10.0. The van der Waals surface area contributed by atoms with Gasteiger partial charge in [0.05, 0.1) is 12.6 Å². The van der Waals surface area contributed by atoms with E-state index in [4.69, 9.17) is 0 Å². The Morgan fingerprint density at radius 1 is 1.30 bits per heavy atom. The highest BCUT2D eigenvalue weighted by molar-refractivity contribution is 14.0. The molecule has 0 radical (unpaired) electrons. The van der Waals surface area contributed by atoms with Crippen molar-refractivity contribution in [2.75, 3.05) is 32.7 Å². The molecule has 0 saturated carbocycles. The van der Waals surface area contributed by atoms with Gasteiger partial charge in [0.25, 0.3) is 0 Å². The van der Waals surface area contributed by atoms with Crippen LogP contribution >= 0.6 is 24.0 Å². The minimum Gasteiger partial charge on any atom is -0.386 e. The van der Waals surface area contributed by atoms with E-state index >= 15 is 0 Å². The molecule has 1 fully saturated rings. The highest BCUT2D eigenvalue weighted by atomic mass is 127. The molecule has 1 aliphatic heterocycles. The molecule has 1 aromatic carbocycles. The van der Waals surface area contributed by atoms with Crippen molar-refractivity contribution in [1.29, 1.82) is 0 Å². The lowest BCUT2D eigenvalue weighted by Crippen LogP contribution is -2.41. The van der Waals surface area contributed by atoms with Crippen LogP contribution in [0.2, 0.25) is 0 Å². The standard InChI is InChI=1S/C20H33FN4O.HI/c1-3-22-20(23-12-6-14-25-13-5-4-7-16(25)2)24-15-19(26)17-8-10-18(21)11-9-17;/h8-11,16,19,26H,3-7,12-15H2,1-2H3,(H2,22,23,24);1H. The van der Waals surface area contributed by atoms with Crippen LogP contribution in [0, 0.1) is 5.82 Å². The third-order valence-electron chi connectivity index (χ3n) is 4.88. The summed E-state index contributed by atoms with van der Waals surface area (Å²) in [6.07, 6.45) is 4.29. The molecular formula is C20H34FIN4O. The minimum absolute atomic E-state index is 0. The number of aliphatic hydroxyl groups is 1. The molecule has 2 rings (SSSR count). The number of aliphatic imine (C=N–C) groups is 1. The maximum absolute atomic E-state index is 13.0.